The lowest BCUT2D eigenvalue weighted by molar-refractivity contribution is -0.120. The molecular formula is C18H19ClFN5O. The van der Waals surface area contributed by atoms with Crippen molar-refractivity contribution in [3.8, 4) is 5.69 Å². The van der Waals surface area contributed by atoms with Crippen LogP contribution in [0.25, 0.3) is 5.69 Å². The number of hydrogen-bond acceptors (Lipinski definition) is 4. The highest BCUT2D eigenvalue weighted by Gasteiger charge is 2.39. The number of aromatic nitrogens is 2. The van der Waals surface area contributed by atoms with Gasteiger partial charge in [0.25, 0.3) is 0 Å². The van der Waals surface area contributed by atoms with Gasteiger partial charge >= 0.3 is 0 Å². The molecule has 1 fully saturated rings. The first-order valence-corrected chi connectivity index (χ1v) is 8.54. The van der Waals surface area contributed by atoms with Crippen LogP contribution in [0.15, 0.2) is 48.4 Å². The number of hydrogen-bond donors (Lipinski definition) is 3. The van der Waals surface area contributed by atoms with E-state index in [-0.39, 0.29) is 23.4 Å². The lowest BCUT2D eigenvalue weighted by Crippen LogP contribution is -2.32. The Kier molecular flexibility index (Phi) is 5.08. The summed E-state index contributed by atoms with van der Waals surface area (Å²) in [6.07, 6.45) is 4.07. The van der Waals surface area contributed by atoms with E-state index in [4.69, 9.17) is 22.7 Å². The van der Waals surface area contributed by atoms with Crippen LogP contribution in [0.4, 0.5) is 4.39 Å². The predicted octanol–water partition coefficient (Wildman–Crippen LogP) is 2.92. The van der Waals surface area contributed by atoms with Gasteiger partial charge in [-0.1, -0.05) is 17.7 Å². The van der Waals surface area contributed by atoms with Crippen molar-refractivity contribution in [2.24, 2.45) is 11.7 Å². The smallest absolute Gasteiger partial charge is 0.232 e. The van der Waals surface area contributed by atoms with Gasteiger partial charge in [0.05, 0.1) is 17.8 Å². The Morgan fingerprint density at radius 3 is 2.96 bits per heavy atom. The van der Waals surface area contributed by atoms with Crippen LogP contribution in [0.5, 0.6) is 0 Å². The molecule has 2 aromatic rings. The number of nitrogens with two attached hydrogens (primary N) is 1. The molecule has 1 aliphatic carbocycles. The average Bonchev–Trinajstić information content (AvgIpc) is 3.13. The van der Waals surface area contributed by atoms with Crippen molar-refractivity contribution < 1.29 is 9.18 Å². The van der Waals surface area contributed by atoms with Crippen molar-refractivity contribution in [1.82, 2.24) is 15.1 Å². The van der Waals surface area contributed by atoms with E-state index in [1.54, 1.807) is 36.1 Å². The number of alkyl halides is 1. The zero-order valence-corrected chi connectivity index (χ0v) is 14.9. The van der Waals surface area contributed by atoms with Gasteiger partial charge in [0.2, 0.25) is 5.91 Å². The van der Waals surface area contributed by atoms with Crippen LogP contribution in [0.2, 0.25) is 5.02 Å². The van der Waals surface area contributed by atoms with E-state index >= 15 is 0 Å². The molecule has 0 radical (unpaired) electrons. The van der Waals surface area contributed by atoms with E-state index in [1.165, 1.54) is 6.08 Å². The number of amides is 1. The van der Waals surface area contributed by atoms with Gasteiger partial charge in [0.15, 0.2) is 0 Å². The van der Waals surface area contributed by atoms with E-state index in [0.717, 1.165) is 5.69 Å². The number of halogens is 2. The molecule has 3 rings (SSSR count). The number of carbonyl (C=O) groups excluding carboxylic acids is 1. The molecule has 0 bridgehead atoms. The molecule has 0 spiro atoms. The monoisotopic (exact) mass is 375 g/mol. The predicted molar refractivity (Wildman–Crippen MR) is 98.1 cm³/mol. The Bertz CT molecular complexity index is 878. The maximum absolute atomic E-state index is 13.0. The summed E-state index contributed by atoms with van der Waals surface area (Å²) in [4.78, 5) is 12.3. The number of amidine groups is 1. The van der Waals surface area contributed by atoms with Crippen molar-refractivity contribution in [1.29, 1.82) is 5.41 Å². The minimum atomic E-state index is -0.939. The van der Waals surface area contributed by atoms with Gasteiger partial charge in [-0.25, -0.2) is 9.07 Å². The van der Waals surface area contributed by atoms with Crippen LogP contribution in [0, 0.1) is 11.3 Å². The van der Waals surface area contributed by atoms with Crippen LogP contribution in [0.1, 0.15) is 24.8 Å². The fourth-order valence-corrected chi connectivity index (χ4v) is 2.72. The first kappa shape index (κ1) is 18.1. The number of carbonyl (C=O) groups is 1. The summed E-state index contributed by atoms with van der Waals surface area (Å²) in [5.41, 5.74) is 7.47. The van der Waals surface area contributed by atoms with Gasteiger partial charge in [-0.3, -0.25) is 10.2 Å². The molecule has 1 amide bonds. The van der Waals surface area contributed by atoms with E-state index < -0.39 is 12.1 Å². The van der Waals surface area contributed by atoms with Crippen molar-refractivity contribution >= 4 is 23.3 Å². The number of nitrogens with one attached hydrogen (secondary N) is 2. The average molecular weight is 376 g/mol. The second-order valence-electron chi connectivity index (χ2n) is 6.33. The van der Waals surface area contributed by atoms with Crippen molar-refractivity contribution in [3.63, 3.8) is 0 Å². The van der Waals surface area contributed by atoms with Crippen LogP contribution in [-0.2, 0) is 4.79 Å². The minimum absolute atomic E-state index is 0.152. The first-order chi connectivity index (χ1) is 12.3. The Hall–Kier alpha value is -2.67. The molecule has 26 heavy (non-hydrogen) atoms. The normalized spacial score (nSPS) is 20.5. The van der Waals surface area contributed by atoms with E-state index in [2.05, 4.69) is 10.4 Å². The summed E-state index contributed by atoms with van der Waals surface area (Å²) in [6, 6.07) is 7.20. The van der Waals surface area contributed by atoms with E-state index in [1.807, 2.05) is 12.1 Å². The highest BCUT2D eigenvalue weighted by molar-refractivity contribution is 6.30. The number of rotatable bonds is 5. The molecular weight excluding hydrogens is 357 g/mol. The molecule has 1 heterocycles. The van der Waals surface area contributed by atoms with Crippen LogP contribution in [-0.4, -0.2) is 27.7 Å². The standard InChI is InChI=1S/C18H19ClFN5O/c1-10(18(26)24-17(22)7-16(21)14-6-15(14)20)11-8-23-25(9-11)13-4-2-3-12(19)5-13/h2-5,7-10,14-15H,6,21H2,1H3,(H2,22,24,26)/b16-7-/t10-,14+,15+/m0/s1. The van der Waals surface area contributed by atoms with Gasteiger partial charge in [-0.2, -0.15) is 5.10 Å². The first-order valence-electron chi connectivity index (χ1n) is 8.16. The lowest BCUT2D eigenvalue weighted by Gasteiger charge is -2.10. The zero-order chi connectivity index (χ0) is 18.8. The molecule has 1 aliphatic rings. The van der Waals surface area contributed by atoms with E-state index in [0.29, 0.717) is 17.0 Å². The van der Waals surface area contributed by atoms with Gasteiger partial charge in [0, 0.05) is 28.4 Å². The van der Waals surface area contributed by atoms with Crippen LogP contribution >= 0.6 is 11.6 Å². The number of nitrogens with zero attached hydrogens (tertiary/aromatic N) is 2. The largest absolute Gasteiger partial charge is 0.402 e. The highest BCUT2D eigenvalue weighted by atomic mass is 35.5. The second-order valence-corrected chi connectivity index (χ2v) is 6.76. The Morgan fingerprint density at radius 2 is 2.31 bits per heavy atom. The molecule has 6 nitrogen and oxygen atoms in total. The summed E-state index contributed by atoms with van der Waals surface area (Å²) in [7, 11) is 0. The summed E-state index contributed by atoms with van der Waals surface area (Å²) in [5, 5.41) is 15.1. The second kappa shape index (κ2) is 7.29. The third kappa shape index (κ3) is 4.11. The van der Waals surface area contributed by atoms with Gasteiger partial charge < -0.3 is 11.1 Å². The Balaban J connectivity index is 1.64. The molecule has 1 saturated carbocycles. The molecule has 0 aliphatic heterocycles. The molecule has 8 heteroatoms. The zero-order valence-electron chi connectivity index (χ0n) is 14.1. The summed E-state index contributed by atoms with van der Waals surface area (Å²) in [5.74, 6) is -1.37. The van der Waals surface area contributed by atoms with Crippen LogP contribution in [0.3, 0.4) is 0 Å². The van der Waals surface area contributed by atoms with Crippen molar-refractivity contribution in [3.05, 3.63) is 59.0 Å². The van der Waals surface area contributed by atoms with Crippen molar-refractivity contribution in [2.45, 2.75) is 25.4 Å². The third-order valence-electron chi connectivity index (χ3n) is 4.28. The molecule has 4 N–H and O–H groups in total. The fourth-order valence-electron chi connectivity index (χ4n) is 2.53. The Labute approximate surface area is 155 Å². The molecule has 0 saturated heterocycles. The molecule has 0 unspecified atom stereocenters. The molecule has 1 aromatic carbocycles. The third-order valence-corrected chi connectivity index (χ3v) is 4.51. The van der Waals surface area contributed by atoms with Crippen LogP contribution < -0.4 is 11.1 Å². The maximum Gasteiger partial charge on any atom is 0.232 e. The molecule has 136 valence electrons. The van der Waals surface area contributed by atoms with Crippen molar-refractivity contribution in [2.75, 3.05) is 0 Å². The molecule has 3 atom stereocenters. The summed E-state index contributed by atoms with van der Waals surface area (Å²) >= 11 is 5.98. The highest BCUT2D eigenvalue weighted by Crippen LogP contribution is 2.37. The number of benzene rings is 1. The summed E-state index contributed by atoms with van der Waals surface area (Å²) < 4.78 is 14.6. The summed E-state index contributed by atoms with van der Waals surface area (Å²) in [6.45, 7) is 1.72. The molecule has 1 aromatic heterocycles. The SMILES string of the molecule is C[C@H](C(=O)NC(=N)/C=C(\N)[C@@H]1C[C@H]1F)c1cnn(-c2cccc(Cl)c2)c1. The number of allylic oxidation sites excluding steroid dienone is 1. The minimum Gasteiger partial charge on any atom is -0.402 e. The van der Waals surface area contributed by atoms with Gasteiger partial charge in [-0.15, -0.1) is 0 Å². The quantitative estimate of drug-likeness (QED) is 0.553. The fraction of sp³-hybridized carbons (Fsp3) is 0.278. The lowest BCUT2D eigenvalue weighted by atomic mass is 10.0. The van der Waals surface area contributed by atoms with E-state index in [9.17, 15) is 9.18 Å². The maximum atomic E-state index is 13.0. The van der Waals surface area contributed by atoms with Gasteiger partial charge in [-0.05, 0) is 37.6 Å². The Morgan fingerprint density at radius 1 is 1.58 bits per heavy atom. The topological polar surface area (TPSA) is 96.8 Å². The van der Waals surface area contributed by atoms with Gasteiger partial charge in [0.1, 0.15) is 12.0 Å².